The first-order valence-corrected chi connectivity index (χ1v) is 11.0. The maximum Gasteiger partial charge on any atom is 0.239 e. The number of hydrogen-bond acceptors (Lipinski definition) is 8. The first-order valence-electron chi connectivity index (χ1n) is 9.27. The first-order chi connectivity index (χ1) is 13.9. The molecule has 1 unspecified atom stereocenters. The lowest BCUT2D eigenvalue weighted by molar-refractivity contribution is -0.115. The first kappa shape index (κ1) is 21.3. The molecule has 3 rings (SSSR count). The molecule has 1 aromatic carbocycles. The summed E-state index contributed by atoms with van der Waals surface area (Å²) in [7, 11) is 0. The van der Waals surface area contributed by atoms with Crippen molar-refractivity contribution in [2.45, 2.75) is 58.2 Å². The van der Waals surface area contributed by atoms with Crippen LogP contribution in [0.5, 0.6) is 5.75 Å². The van der Waals surface area contributed by atoms with E-state index in [-0.39, 0.29) is 11.2 Å². The quantitative estimate of drug-likeness (QED) is 0.541. The molecule has 2 heterocycles. The Balaban J connectivity index is 1.66. The molecule has 154 valence electrons. The Morgan fingerprint density at radius 3 is 2.55 bits per heavy atom. The van der Waals surface area contributed by atoms with Gasteiger partial charge in [0.15, 0.2) is 11.0 Å². The van der Waals surface area contributed by atoms with Crippen molar-refractivity contribution in [3.63, 3.8) is 0 Å². The van der Waals surface area contributed by atoms with Gasteiger partial charge in [-0.05, 0) is 45.7 Å². The molecule has 2 aromatic heterocycles. The van der Waals surface area contributed by atoms with Crippen LogP contribution < -0.4 is 10.1 Å². The number of benzene rings is 1. The molecule has 29 heavy (non-hydrogen) atoms. The maximum atomic E-state index is 12.4. The number of ether oxygens (including phenoxy) is 1. The molecular weight excluding hydrogens is 408 g/mol. The molecule has 0 radical (unpaired) electrons. The Bertz CT molecular complexity index is 980. The molecular formula is C19H24N6O2S2. The van der Waals surface area contributed by atoms with Crippen LogP contribution >= 0.6 is 23.1 Å². The lowest BCUT2D eigenvalue weighted by atomic mass is 10.1. The Labute approximate surface area is 178 Å². The van der Waals surface area contributed by atoms with E-state index in [1.165, 1.54) is 23.1 Å². The zero-order valence-electron chi connectivity index (χ0n) is 17.1. The number of aromatic nitrogens is 5. The highest BCUT2D eigenvalue weighted by Gasteiger charge is 2.21. The molecule has 1 N–H and O–H groups in total. The average molecular weight is 433 g/mol. The second-order valence-electron chi connectivity index (χ2n) is 6.53. The number of thioether (sulfide) groups is 1. The number of hydrogen-bond donors (Lipinski definition) is 1. The van der Waals surface area contributed by atoms with Gasteiger partial charge in [-0.15, -0.1) is 20.4 Å². The highest BCUT2D eigenvalue weighted by Crippen LogP contribution is 2.26. The van der Waals surface area contributed by atoms with Gasteiger partial charge < -0.3 is 9.30 Å². The summed E-state index contributed by atoms with van der Waals surface area (Å²) < 4.78 is 7.99. The highest BCUT2D eigenvalue weighted by molar-refractivity contribution is 8.00. The number of carbonyl (C=O) groups is 1. The molecule has 0 saturated heterocycles. The zero-order chi connectivity index (χ0) is 21.0. The summed E-state index contributed by atoms with van der Waals surface area (Å²) in [5.74, 6) is 1.45. The van der Waals surface area contributed by atoms with Gasteiger partial charge in [0.2, 0.25) is 11.0 Å². The predicted molar refractivity (Wildman–Crippen MR) is 115 cm³/mol. The van der Waals surface area contributed by atoms with E-state index in [4.69, 9.17) is 4.74 Å². The summed E-state index contributed by atoms with van der Waals surface area (Å²) in [5.41, 5.74) is 2.17. The largest absolute Gasteiger partial charge is 0.485 e. The molecule has 0 aliphatic carbocycles. The minimum atomic E-state index is -0.360. The smallest absolute Gasteiger partial charge is 0.239 e. The number of amides is 1. The fraction of sp³-hybridized carbons (Fsp3) is 0.421. The van der Waals surface area contributed by atoms with E-state index in [1.54, 1.807) is 0 Å². The Morgan fingerprint density at radius 2 is 1.93 bits per heavy atom. The Morgan fingerprint density at radius 1 is 1.21 bits per heavy atom. The summed E-state index contributed by atoms with van der Waals surface area (Å²) in [6, 6.07) is 6.05. The van der Waals surface area contributed by atoms with E-state index in [1.807, 2.05) is 57.4 Å². The Kier molecular flexibility index (Phi) is 6.86. The third-order valence-electron chi connectivity index (χ3n) is 4.27. The summed E-state index contributed by atoms with van der Waals surface area (Å²) in [5, 5.41) is 20.8. The number of nitrogens with zero attached hydrogens (tertiary/aromatic N) is 5. The molecule has 0 fully saturated rings. The monoisotopic (exact) mass is 432 g/mol. The van der Waals surface area contributed by atoms with E-state index in [0.717, 1.165) is 27.7 Å². The highest BCUT2D eigenvalue weighted by atomic mass is 32.2. The van der Waals surface area contributed by atoms with Crippen molar-refractivity contribution >= 4 is 34.1 Å². The van der Waals surface area contributed by atoms with Crippen LogP contribution in [0.1, 0.15) is 35.8 Å². The molecule has 0 aliphatic rings. The van der Waals surface area contributed by atoms with E-state index in [9.17, 15) is 4.79 Å². The topological polar surface area (TPSA) is 94.8 Å². The summed E-state index contributed by atoms with van der Waals surface area (Å²) >= 11 is 2.70. The average Bonchev–Trinajstić information content (AvgIpc) is 3.26. The van der Waals surface area contributed by atoms with E-state index < -0.39 is 0 Å². The van der Waals surface area contributed by atoms with Crippen LogP contribution in [0.15, 0.2) is 23.4 Å². The van der Waals surface area contributed by atoms with Crippen molar-refractivity contribution in [3.8, 4) is 5.75 Å². The molecule has 1 amide bonds. The van der Waals surface area contributed by atoms with Crippen molar-refractivity contribution in [1.29, 1.82) is 0 Å². The van der Waals surface area contributed by atoms with Crippen LogP contribution in [0.4, 0.5) is 5.13 Å². The van der Waals surface area contributed by atoms with Gasteiger partial charge in [0.25, 0.3) is 0 Å². The minimum Gasteiger partial charge on any atom is -0.485 e. The molecule has 10 heteroatoms. The van der Waals surface area contributed by atoms with Crippen molar-refractivity contribution in [3.05, 3.63) is 40.2 Å². The van der Waals surface area contributed by atoms with Crippen LogP contribution in [0, 0.1) is 20.8 Å². The molecule has 1 atom stereocenters. The van der Waals surface area contributed by atoms with Crippen LogP contribution in [0.2, 0.25) is 0 Å². The maximum absolute atomic E-state index is 12.4. The summed E-state index contributed by atoms with van der Waals surface area (Å²) in [4.78, 5) is 12.4. The third kappa shape index (κ3) is 5.13. The molecule has 0 aliphatic heterocycles. The molecule has 0 bridgehead atoms. The lowest BCUT2D eigenvalue weighted by Crippen LogP contribution is -2.23. The lowest BCUT2D eigenvalue weighted by Gasteiger charge is -2.13. The standard InChI is InChI=1S/C19H24N6O2S2/c1-6-25-15(10-27-16-11(2)8-7-9-12(16)3)22-24-19(25)28-13(4)17(26)20-18-23-21-14(5)29-18/h7-9,13H,6,10H2,1-5H3,(H,20,23,26). The van der Waals surface area contributed by atoms with Crippen LogP contribution in [0.3, 0.4) is 0 Å². The van der Waals surface area contributed by atoms with Crippen LogP contribution in [-0.4, -0.2) is 36.1 Å². The fourth-order valence-electron chi connectivity index (χ4n) is 2.76. The van der Waals surface area contributed by atoms with Crippen molar-refractivity contribution in [1.82, 2.24) is 25.0 Å². The number of carbonyl (C=O) groups excluding carboxylic acids is 1. The SMILES string of the molecule is CCn1c(COc2c(C)cccc2C)nnc1SC(C)C(=O)Nc1nnc(C)s1. The predicted octanol–water partition coefficient (Wildman–Crippen LogP) is 3.77. The normalized spacial score (nSPS) is 12.0. The Hall–Kier alpha value is -2.46. The van der Waals surface area contributed by atoms with Gasteiger partial charge in [0.1, 0.15) is 17.4 Å². The number of aryl methyl sites for hydroxylation is 3. The molecule has 0 saturated carbocycles. The van der Waals surface area contributed by atoms with Gasteiger partial charge in [-0.2, -0.15) is 0 Å². The van der Waals surface area contributed by atoms with Gasteiger partial charge in [-0.1, -0.05) is 41.3 Å². The molecule has 3 aromatic rings. The summed E-state index contributed by atoms with van der Waals surface area (Å²) in [6.07, 6.45) is 0. The number of para-hydroxylation sites is 1. The van der Waals surface area contributed by atoms with Crippen LogP contribution in [0.25, 0.3) is 0 Å². The van der Waals surface area contributed by atoms with Crippen molar-refractivity contribution in [2.75, 3.05) is 5.32 Å². The van der Waals surface area contributed by atoms with E-state index in [0.29, 0.717) is 23.4 Å². The van der Waals surface area contributed by atoms with Crippen LogP contribution in [-0.2, 0) is 17.9 Å². The van der Waals surface area contributed by atoms with Crippen molar-refractivity contribution < 1.29 is 9.53 Å². The fourth-order valence-corrected chi connectivity index (χ4v) is 4.29. The molecule has 8 nitrogen and oxygen atoms in total. The van der Waals surface area contributed by atoms with Gasteiger partial charge in [0, 0.05) is 6.54 Å². The van der Waals surface area contributed by atoms with Gasteiger partial charge in [-0.25, -0.2) is 0 Å². The van der Waals surface area contributed by atoms with E-state index >= 15 is 0 Å². The number of nitrogens with one attached hydrogen (secondary N) is 1. The second kappa shape index (κ2) is 9.36. The number of anilines is 1. The summed E-state index contributed by atoms with van der Waals surface area (Å²) in [6.45, 7) is 10.7. The van der Waals surface area contributed by atoms with Crippen molar-refractivity contribution in [2.24, 2.45) is 0 Å². The third-order valence-corrected chi connectivity index (χ3v) is 6.11. The zero-order valence-corrected chi connectivity index (χ0v) is 18.7. The number of rotatable bonds is 8. The molecule has 0 spiro atoms. The second-order valence-corrected chi connectivity index (χ2v) is 9.02. The minimum absolute atomic E-state index is 0.148. The van der Waals surface area contributed by atoms with Gasteiger partial charge >= 0.3 is 0 Å². The van der Waals surface area contributed by atoms with E-state index in [2.05, 4.69) is 25.7 Å². The van der Waals surface area contributed by atoms with Gasteiger partial charge in [-0.3, -0.25) is 10.1 Å². The van der Waals surface area contributed by atoms with Gasteiger partial charge in [0.05, 0.1) is 5.25 Å².